The van der Waals surface area contributed by atoms with Crippen LogP contribution in [-0.2, 0) is 0 Å². The van der Waals surface area contributed by atoms with Gasteiger partial charge in [0.1, 0.15) is 0 Å². The Balaban J connectivity index is 1.06. The van der Waals surface area contributed by atoms with Crippen molar-refractivity contribution in [3.8, 4) is 16.8 Å². The smallest absolute Gasteiger partial charge is 0.0541 e. The maximum absolute atomic E-state index is 2.41. The summed E-state index contributed by atoms with van der Waals surface area (Å²) < 4.78 is 4.99. The summed E-state index contributed by atoms with van der Waals surface area (Å²) in [7, 11) is 0. The molecule has 11 aromatic rings. The molecule has 53 heavy (non-hydrogen) atoms. The van der Waals surface area contributed by atoms with E-state index < -0.39 is 0 Å². The molecule has 0 amide bonds. The first-order chi connectivity index (χ1) is 26.3. The van der Waals surface area contributed by atoms with Crippen LogP contribution in [0.25, 0.3) is 80.3 Å². The van der Waals surface area contributed by atoms with Crippen LogP contribution in [0.4, 0.5) is 17.1 Å². The molecule has 9 aromatic carbocycles. The van der Waals surface area contributed by atoms with Gasteiger partial charge in [-0.1, -0.05) is 115 Å². The van der Waals surface area contributed by atoms with E-state index in [2.05, 4.69) is 204 Å². The highest BCUT2D eigenvalue weighted by atomic mass is 32.1. The van der Waals surface area contributed by atoms with Gasteiger partial charge in [-0.25, -0.2) is 0 Å². The van der Waals surface area contributed by atoms with Crippen LogP contribution in [0.15, 0.2) is 194 Å². The zero-order chi connectivity index (χ0) is 34.9. The Bertz CT molecular complexity index is 3170. The molecule has 11 rings (SSSR count). The van der Waals surface area contributed by atoms with Crippen molar-refractivity contribution in [2.24, 2.45) is 0 Å². The molecular weight excluding hydrogens is 661 g/mol. The largest absolute Gasteiger partial charge is 0.310 e. The SMILES string of the molecule is c1ccc(-n2c3ccccc3c3cc(-c4ccc(N(c5ccc6ccc7ccccc7c6c5)c5ccc6sc7ccccc7c6c5)cc4)ccc32)cc1. The number of hydrogen-bond donors (Lipinski definition) is 0. The van der Waals surface area contributed by atoms with E-state index in [9.17, 15) is 0 Å². The van der Waals surface area contributed by atoms with Crippen LogP contribution in [0.2, 0.25) is 0 Å². The van der Waals surface area contributed by atoms with E-state index >= 15 is 0 Å². The highest BCUT2D eigenvalue weighted by Gasteiger charge is 2.17. The zero-order valence-corrected chi connectivity index (χ0v) is 29.6. The zero-order valence-electron chi connectivity index (χ0n) is 28.8. The van der Waals surface area contributed by atoms with Gasteiger partial charge in [0.25, 0.3) is 0 Å². The third-order valence-corrected chi connectivity index (χ3v) is 11.9. The summed E-state index contributed by atoms with van der Waals surface area (Å²) in [4.78, 5) is 2.41. The van der Waals surface area contributed by atoms with E-state index in [1.807, 2.05) is 11.3 Å². The van der Waals surface area contributed by atoms with Crippen LogP contribution in [0.1, 0.15) is 0 Å². The standard InChI is InChI=1S/C50H32N2S/c1-2-11-37(12-3-1)52-47-16-8-6-14-42(47)45-30-36(23-28-48(45)52)33-20-24-38(25-21-33)51(40-27-29-50-46(32-40)43-15-7-9-17-49(43)53-50)39-26-22-35-19-18-34-10-4-5-13-41(34)44(35)31-39/h1-32H. The fourth-order valence-electron chi connectivity index (χ4n) is 8.24. The molecule has 0 unspecified atom stereocenters. The predicted molar refractivity (Wildman–Crippen MR) is 229 cm³/mol. The minimum Gasteiger partial charge on any atom is -0.310 e. The highest BCUT2D eigenvalue weighted by Crippen LogP contribution is 2.43. The minimum absolute atomic E-state index is 1.12. The second-order valence-corrected chi connectivity index (χ2v) is 14.9. The Labute approximate surface area is 311 Å². The predicted octanol–water partition coefficient (Wildman–Crippen LogP) is 14.6. The van der Waals surface area contributed by atoms with Gasteiger partial charge in [0, 0.05) is 53.7 Å². The molecule has 2 aromatic heterocycles. The van der Waals surface area contributed by atoms with Crippen molar-refractivity contribution in [3.63, 3.8) is 0 Å². The monoisotopic (exact) mass is 692 g/mol. The Morgan fingerprint density at radius 3 is 1.77 bits per heavy atom. The lowest BCUT2D eigenvalue weighted by atomic mass is 10.00. The first-order valence-electron chi connectivity index (χ1n) is 18.1. The van der Waals surface area contributed by atoms with E-state index in [0.717, 1.165) is 17.1 Å². The molecule has 0 aliphatic heterocycles. The average molecular weight is 693 g/mol. The molecule has 0 spiro atoms. The number of fused-ring (bicyclic) bond motifs is 9. The molecule has 2 nitrogen and oxygen atoms in total. The lowest BCUT2D eigenvalue weighted by molar-refractivity contribution is 1.18. The van der Waals surface area contributed by atoms with E-state index in [4.69, 9.17) is 0 Å². The number of hydrogen-bond acceptors (Lipinski definition) is 2. The molecule has 0 N–H and O–H groups in total. The van der Waals surface area contributed by atoms with Crippen molar-refractivity contribution in [1.29, 1.82) is 0 Å². The Hall–Kier alpha value is -6.68. The summed E-state index contributed by atoms with van der Waals surface area (Å²) >= 11 is 1.86. The molecule has 0 atom stereocenters. The first kappa shape index (κ1) is 30.0. The number of thiophene rings is 1. The fraction of sp³-hybridized carbons (Fsp3) is 0. The van der Waals surface area contributed by atoms with E-state index in [0.29, 0.717) is 0 Å². The summed E-state index contributed by atoms with van der Waals surface area (Å²) in [5.41, 5.74) is 9.39. The van der Waals surface area contributed by atoms with Gasteiger partial charge >= 0.3 is 0 Å². The maximum Gasteiger partial charge on any atom is 0.0541 e. The third kappa shape index (κ3) is 4.86. The van der Waals surface area contributed by atoms with Crippen molar-refractivity contribution in [2.75, 3.05) is 4.90 Å². The van der Waals surface area contributed by atoms with Gasteiger partial charge in [-0.2, -0.15) is 0 Å². The topological polar surface area (TPSA) is 8.17 Å². The van der Waals surface area contributed by atoms with Crippen molar-refractivity contribution in [1.82, 2.24) is 4.57 Å². The van der Waals surface area contributed by atoms with Gasteiger partial charge in [-0.05, 0) is 112 Å². The summed E-state index contributed by atoms with van der Waals surface area (Å²) in [6.45, 7) is 0. The Morgan fingerprint density at radius 2 is 0.925 bits per heavy atom. The number of aromatic nitrogens is 1. The lowest BCUT2D eigenvalue weighted by Gasteiger charge is -2.26. The van der Waals surface area contributed by atoms with E-state index in [1.165, 1.54) is 80.3 Å². The molecule has 248 valence electrons. The first-order valence-corrected chi connectivity index (χ1v) is 18.9. The molecular formula is C50H32N2S. The molecule has 0 bridgehead atoms. The van der Waals surface area contributed by atoms with Crippen molar-refractivity contribution in [3.05, 3.63) is 194 Å². The van der Waals surface area contributed by atoms with Gasteiger partial charge in [0.2, 0.25) is 0 Å². The Morgan fingerprint density at radius 1 is 0.340 bits per heavy atom. The molecule has 0 aliphatic carbocycles. The quantitative estimate of drug-likeness (QED) is 0.163. The molecule has 2 heterocycles. The van der Waals surface area contributed by atoms with Crippen LogP contribution in [0, 0.1) is 0 Å². The van der Waals surface area contributed by atoms with Crippen LogP contribution in [0.3, 0.4) is 0 Å². The summed E-state index contributed by atoms with van der Waals surface area (Å²) in [6, 6.07) is 71.0. The van der Waals surface area contributed by atoms with Gasteiger partial charge in [-0.15, -0.1) is 11.3 Å². The fourth-order valence-corrected chi connectivity index (χ4v) is 9.33. The third-order valence-electron chi connectivity index (χ3n) is 10.8. The normalized spacial score (nSPS) is 11.8. The van der Waals surface area contributed by atoms with Crippen molar-refractivity contribution in [2.45, 2.75) is 0 Å². The van der Waals surface area contributed by atoms with Gasteiger partial charge in [-0.3, -0.25) is 0 Å². The van der Waals surface area contributed by atoms with Crippen molar-refractivity contribution < 1.29 is 0 Å². The number of benzene rings is 9. The minimum atomic E-state index is 1.12. The van der Waals surface area contributed by atoms with Gasteiger partial charge < -0.3 is 9.47 Å². The second-order valence-electron chi connectivity index (χ2n) is 13.8. The number of nitrogens with zero attached hydrogens (tertiary/aromatic N) is 2. The number of para-hydroxylation sites is 2. The van der Waals surface area contributed by atoms with Crippen molar-refractivity contribution >= 4 is 91.9 Å². The molecule has 0 radical (unpaired) electrons. The molecule has 0 saturated carbocycles. The Kier molecular flexibility index (Phi) is 6.76. The van der Waals surface area contributed by atoms with Crippen LogP contribution in [0.5, 0.6) is 0 Å². The number of rotatable bonds is 5. The highest BCUT2D eigenvalue weighted by molar-refractivity contribution is 7.25. The summed E-state index contributed by atoms with van der Waals surface area (Å²) in [5.74, 6) is 0. The van der Waals surface area contributed by atoms with Crippen LogP contribution >= 0.6 is 11.3 Å². The van der Waals surface area contributed by atoms with E-state index in [1.54, 1.807) is 0 Å². The molecule has 0 fully saturated rings. The average Bonchev–Trinajstić information content (AvgIpc) is 3.77. The van der Waals surface area contributed by atoms with Crippen LogP contribution < -0.4 is 4.90 Å². The molecule has 0 aliphatic rings. The molecule has 3 heteroatoms. The lowest BCUT2D eigenvalue weighted by Crippen LogP contribution is -2.09. The van der Waals surface area contributed by atoms with Gasteiger partial charge in [0.05, 0.1) is 11.0 Å². The van der Waals surface area contributed by atoms with Gasteiger partial charge in [0.15, 0.2) is 0 Å². The van der Waals surface area contributed by atoms with Crippen LogP contribution in [-0.4, -0.2) is 4.57 Å². The molecule has 0 saturated heterocycles. The second kappa shape index (κ2) is 11.9. The van der Waals surface area contributed by atoms with E-state index in [-0.39, 0.29) is 0 Å². The summed E-state index contributed by atoms with van der Waals surface area (Å²) in [5, 5.41) is 10.1. The summed E-state index contributed by atoms with van der Waals surface area (Å²) in [6.07, 6.45) is 0. The number of anilines is 3. The maximum atomic E-state index is 2.41.